The number of nitrogens with one attached hydrogen (secondary N) is 1. The number of rotatable bonds is 7. The summed E-state index contributed by atoms with van der Waals surface area (Å²) in [6.45, 7) is 3.53. The van der Waals surface area contributed by atoms with Crippen LogP contribution < -0.4 is 16.0 Å². The Labute approximate surface area is 154 Å². The zero-order valence-electron chi connectivity index (χ0n) is 14.4. The first kappa shape index (κ1) is 19.8. The average Bonchev–Trinajstić information content (AvgIpc) is 2.57. The smallest absolute Gasteiger partial charge is 0.340 e. The summed E-state index contributed by atoms with van der Waals surface area (Å²) >= 11 is 5.89. The first-order valence-corrected chi connectivity index (χ1v) is 8.57. The molecular weight excluding hydrogens is 362 g/mol. The van der Waals surface area contributed by atoms with Crippen LogP contribution in [-0.2, 0) is 16.0 Å². The summed E-state index contributed by atoms with van der Waals surface area (Å²) in [5.74, 6) is -2.20. The van der Waals surface area contributed by atoms with Gasteiger partial charge in [-0.1, -0.05) is 31.4 Å². The second-order valence-electron chi connectivity index (χ2n) is 6.05. The Hall–Kier alpha value is -2.54. The molecule has 2 N–H and O–H groups in total. The molecule has 0 saturated carbocycles. The van der Waals surface area contributed by atoms with E-state index in [0.29, 0.717) is 17.4 Å². The van der Waals surface area contributed by atoms with Crippen LogP contribution in [0.25, 0.3) is 11.0 Å². The molecule has 2 aromatic rings. The van der Waals surface area contributed by atoms with Crippen molar-refractivity contribution in [2.45, 2.75) is 45.6 Å². The van der Waals surface area contributed by atoms with Crippen LogP contribution in [0.3, 0.4) is 0 Å². The Balaban J connectivity index is 2.29. The van der Waals surface area contributed by atoms with Gasteiger partial charge in [-0.25, -0.2) is 4.79 Å². The van der Waals surface area contributed by atoms with Crippen molar-refractivity contribution >= 4 is 34.4 Å². The number of phenols is 1. The number of carboxylic acids is 1. The highest BCUT2D eigenvalue weighted by Gasteiger charge is 2.19. The maximum absolute atomic E-state index is 12.2. The van der Waals surface area contributed by atoms with E-state index < -0.39 is 23.5 Å². The third-order valence-electron chi connectivity index (χ3n) is 4.16. The van der Waals surface area contributed by atoms with Crippen LogP contribution in [-0.4, -0.2) is 23.0 Å². The number of hydrogen-bond acceptors (Lipinski definition) is 6. The van der Waals surface area contributed by atoms with Crippen molar-refractivity contribution in [3.05, 3.63) is 38.7 Å². The molecule has 0 saturated heterocycles. The number of phenolic OH excluding ortho intramolecular Hbond substituents is 1. The molecule has 1 aromatic heterocycles. The van der Waals surface area contributed by atoms with Crippen LogP contribution in [0.1, 0.15) is 37.3 Å². The molecule has 1 atom stereocenters. The molecule has 0 aliphatic rings. The van der Waals surface area contributed by atoms with Crippen LogP contribution in [0.2, 0.25) is 5.02 Å². The van der Waals surface area contributed by atoms with E-state index in [-0.39, 0.29) is 34.8 Å². The van der Waals surface area contributed by atoms with Crippen LogP contribution in [0.15, 0.2) is 21.3 Å². The summed E-state index contributed by atoms with van der Waals surface area (Å²) in [7, 11) is 0. The second kappa shape index (κ2) is 8.23. The lowest BCUT2D eigenvalue weighted by atomic mass is 10.0. The molecule has 1 heterocycles. The molecule has 0 aliphatic heterocycles. The van der Waals surface area contributed by atoms with Crippen molar-refractivity contribution in [3.63, 3.8) is 0 Å². The van der Waals surface area contributed by atoms with E-state index in [1.54, 1.807) is 6.92 Å². The van der Waals surface area contributed by atoms with Crippen LogP contribution in [0, 0.1) is 6.92 Å². The van der Waals surface area contributed by atoms with Gasteiger partial charge in [-0.15, -0.1) is 0 Å². The average molecular weight is 381 g/mol. The number of benzene rings is 1. The minimum atomic E-state index is -1.36. The summed E-state index contributed by atoms with van der Waals surface area (Å²) < 4.78 is 5.14. The Morgan fingerprint density at radius 3 is 2.69 bits per heavy atom. The summed E-state index contributed by atoms with van der Waals surface area (Å²) in [4.78, 5) is 35.5. The van der Waals surface area contributed by atoms with Crippen molar-refractivity contribution in [2.24, 2.45) is 0 Å². The van der Waals surface area contributed by atoms with Gasteiger partial charge >= 0.3 is 5.63 Å². The summed E-state index contributed by atoms with van der Waals surface area (Å²) in [5, 5.41) is 23.7. The van der Waals surface area contributed by atoms with Crippen molar-refractivity contribution in [1.82, 2.24) is 5.32 Å². The third kappa shape index (κ3) is 4.35. The van der Waals surface area contributed by atoms with Crippen molar-refractivity contribution in [2.75, 3.05) is 0 Å². The highest BCUT2D eigenvalue weighted by Crippen LogP contribution is 2.30. The Kier molecular flexibility index (Phi) is 6.26. The zero-order valence-corrected chi connectivity index (χ0v) is 15.2. The molecule has 0 unspecified atom stereocenters. The van der Waals surface area contributed by atoms with E-state index in [1.807, 2.05) is 6.92 Å². The maximum atomic E-state index is 12.2. The summed E-state index contributed by atoms with van der Waals surface area (Å²) in [5.41, 5.74) is -0.00393. The number of fused-ring (bicyclic) bond motifs is 1. The monoisotopic (exact) mass is 380 g/mol. The number of hydrogen-bond donors (Lipinski definition) is 2. The van der Waals surface area contributed by atoms with E-state index >= 15 is 0 Å². The lowest BCUT2D eigenvalue weighted by molar-refractivity contribution is -0.308. The molecule has 0 fully saturated rings. The molecule has 0 spiro atoms. The standard InChI is InChI=1S/C18H20ClNO6/c1-3-4-5-13(17(23)24)20-16(22)7-11-9(2)10-6-12(19)14(21)8-15(10)26-18(11)25/h6,8,13,21H,3-5,7H2,1-2H3,(H,20,22)(H,23,24)/p-1/t13-/m1/s1. The number of amides is 1. The van der Waals surface area contributed by atoms with Crippen LogP contribution >= 0.6 is 11.6 Å². The minimum absolute atomic E-state index is 0.0847. The quantitative estimate of drug-likeness (QED) is 0.701. The highest BCUT2D eigenvalue weighted by atomic mass is 35.5. The lowest BCUT2D eigenvalue weighted by Crippen LogP contribution is -2.48. The first-order valence-electron chi connectivity index (χ1n) is 8.19. The van der Waals surface area contributed by atoms with Gasteiger partial charge in [0.15, 0.2) is 0 Å². The van der Waals surface area contributed by atoms with Gasteiger partial charge in [0.25, 0.3) is 0 Å². The molecule has 26 heavy (non-hydrogen) atoms. The van der Waals surface area contributed by atoms with Gasteiger partial charge in [0.05, 0.1) is 29.0 Å². The highest BCUT2D eigenvalue weighted by molar-refractivity contribution is 6.32. The molecule has 1 aromatic carbocycles. The van der Waals surface area contributed by atoms with Gasteiger partial charge in [0, 0.05) is 11.5 Å². The second-order valence-corrected chi connectivity index (χ2v) is 6.46. The van der Waals surface area contributed by atoms with E-state index in [1.165, 1.54) is 12.1 Å². The van der Waals surface area contributed by atoms with Crippen molar-refractivity contribution < 1.29 is 24.2 Å². The number of carbonyl (C=O) groups excluding carboxylic acids is 2. The number of aliphatic carboxylic acids is 1. The topological polar surface area (TPSA) is 120 Å². The fourth-order valence-electron chi connectivity index (χ4n) is 2.67. The van der Waals surface area contributed by atoms with E-state index in [2.05, 4.69) is 5.32 Å². The van der Waals surface area contributed by atoms with Gasteiger partial charge in [-0.2, -0.15) is 0 Å². The lowest BCUT2D eigenvalue weighted by Gasteiger charge is -2.19. The molecule has 140 valence electrons. The van der Waals surface area contributed by atoms with Crippen LogP contribution in [0.4, 0.5) is 0 Å². The first-order chi connectivity index (χ1) is 12.2. The van der Waals surface area contributed by atoms with E-state index in [4.69, 9.17) is 16.0 Å². The number of aromatic hydroxyl groups is 1. The van der Waals surface area contributed by atoms with Gasteiger partial charge < -0.3 is 24.7 Å². The van der Waals surface area contributed by atoms with Gasteiger partial charge in [0.2, 0.25) is 5.91 Å². The normalized spacial score (nSPS) is 12.1. The third-order valence-corrected chi connectivity index (χ3v) is 4.46. The van der Waals surface area contributed by atoms with E-state index in [9.17, 15) is 24.6 Å². The number of halogens is 1. The summed E-state index contributed by atoms with van der Waals surface area (Å²) in [6.07, 6.45) is 1.32. The Bertz CT molecular complexity index is 905. The van der Waals surface area contributed by atoms with Crippen LogP contribution in [0.5, 0.6) is 5.75 Å². The fourth-order valence-corrected chi connectivity index (χ4v) is 2.83. The number of unbranched alkanes of at least 4 members (excludes halogenated alkanes) is 1. The maximum Gasteiger partial charge on any atom is 0.340 e. The molecule has 8 heteroatoms. The molecular formula is C18H19ClNO6-. The molecule has 2 rings (SSSR count). The zero-order chi connectivity index (χ0) is 19.4. The molecule has 0 bridgehead atoms. The van der Waals surface area contributed by atoms with Gasteiger partial charge in [-0.3, -0.25) is 4.79 Å². The Morgan fingerprint density at radius 1 is 1.38 bits per heavy atom. The minimum Gasteiger partial charge on any atom is -0.548 e. The van der Waals surface area contributed by atoms with E-state index in [0.717, 1.165) is 6.42 Å². The largest absolute Gasteiger partial charge is 0.548 e. The fraction of sp³-hybridized carbons (Fsp3) is 0.389. The van der Waals surface area contributed by atoms with Crippen molar-refractivity contribution in [1.29, 1.82) is 0 Å². The molecule has 0 aliphatic carbocycles. The summed E-state index contributed by atoms with van der Waals surface area (Å²) in [6, 6.07) is 1.56. The molecule has 7 nitrogen and oxygen atoms in total. The SMILES string of the molecule is CCCC[C@@H](NC(=O)Cc1c(C)c2cc(Cl)c(O)cc2oc1=O)C(=O)[O-]. The van der Waals surface area contributed by atoms with Gasteiger partial charge in [0.1, 0.15) is 11.3 Å². The number of carbonyl (C=O) groups is 2. The Morgan fingerprint density at radius 2 is 2.08 bits per heavy atom. The predicted octanol–water partition coefficient (Wildman–Crippen LogP) is 1.43. The number of carboxylic acid groups (broad SMARTS) is 1. The number of aryl methyl sites for hydroxylation is 1. The van der Waals surface area contributed by atoms with Crippen molar-refractivity contribution in [3.8, 4) is 5.75 Å². The predicted molar refractivity (Wildman–Crippen MR) is 94.1 cm³/mol. The molecule has 0 radical (unpaired) electrons. The molecule has 1 amide bonds. The van der Waals surface area contributed by atoms with Gasteiger partial charge in [-0.05, 0) is 25.0 Å².